The van der Waals surface area contributed by atoms with Gasteiger partial charge >= 0.3 is 5.97 Å². The second kappa shape index (κ2) is 13.1. The van der Waals surface area contributed by atoms with E-state index in [1.54, 1.807) is 31.2 Å². The van der Waals surface area contributed by atoms with Crippen molar-refractivity contribution < 1.29 is 14.3 Å². The highest BCUT2D eigenvalue weighted by molar-refractivity contribution is 7.07. The monoisotopic (exact) mass is 483 g/mol. The van der Waals surface area contributed by atoms with E-state index in [9.17, 15) is 19.6 Å². The molecule has 0 unspecified atom stereocenters. The number of rotatable bonds is 11. The van der Waals surface area contributed by atoms with Gasteiger partial charge in [-0.15, -0.1) is 11.3 Å². The molecule has 1 amide bonds. The van der Waals surface area contributed by atoms with E-state index in [4.69, 9.17) is 4.74 Å². The molecule has 0 aliphatic rings. The van der Waals surface area contributed by atoms with E-state index in [1.165, 1.54) is 16.8 Å². The second-order valence-electron chi connectivity index (χ2n) is 7.07. The molecule has 180 valence electrons. The lowest BCUT2D eigenvalue weighted by Gasteiger charge is -2.17. The van der Waals surface area contributed by atoms with Crippen molar-refractivity contribution in [3.8, 4) is 6.07 Å². The van der Waals surface area contributed by atoms with Crippen LogP contribution in [0.2, 0.25) is 0 Å². The van der Waals surface area contributed by atoms with Gasteiger partial charge in [-0.2, -0.15) is 5.26 Å². The van der Waals surface area contributed by atoms with Gasteiger partial charge in [0.05, 0.1) is 6.54 Å². The van der Waals surface area contributed by atoms with Crippen molar-refractivity contribution >= 4 is 46.4 Å². The zero-order valence-corrected chi connectivity index (χ0v) is 20.4. The first kappa shape index (κ1) is 26.6. The zero-order chi connectivity index (χ0) is 25.1. The molecule has 10 heteroatoms. The molecule has 9 nitrogen and oxygen atoms in total. The highest BCUT2D eigenvalue weighted by Gasteiger charge is 2.16. The molecular formula is C24H29N5O4S. The van der Waals surface area contributed by atoms with Crippen LogP contribution in [0, 0.1) is 11.3 Å². The number of likely N-dealkylation sites (N-methyl/N-ethyl adjacent to an activating group) is 1. The molecule has 0 bridgehead atoms. The smallest absolute Gasteiger partial charge is 0.352 e. The average Bonchev–Trinajstić information content (AvgIpc) is 3.15. The fourth-order valence-electron chi connectivity index (χ4n) is 3.07. The Morgan fingerprint density at radius 1 is 1.26 bits per heavy atom. The Balaban J connectivity index is 2.32. The third-order valence-electron chi connectivity index (χ3n) is 4.86. The van der Waals surface area contributed by atoms with Crippen molar-refractivity contribution in [1.82, 2.24) is 9.47 Å². The van der Waals surface area contributed by atoms with Gasteiger partial charge in [-0.25, -0.2) is 4.79 Å². The molecule has 0 aliphatic carbocycles. The van der Waals surface area contributed by atoms with E-state index < -0.39 is 5.97 Å². The van der Waals surface area contributed by atoms with Crippen molar-refractivity contribution in [2.24, 2.45) is 0 Å². The number of benzene rings is 1. The number of ether oxygens (including phenoxy) is 1. The normalized spacial score (nSPS) is 12.1. The van der Waals surface area contributed by atoms with Gasteiger partial charge in [-0.05, 0) is 38.2 Å². The van der Waals surface area contributed by atoms with E-state index in [1.807, 2.05) is 24.8 Å². The van der Waals surface area contributed by atoms with Crippen LogP contribution >= 0.6 is 11.3 Å². The minimum Gasteiger partial charge on any atom is -0.457 e. The number of carbonyl (C=O) groups is 2. The van der Waals surface area contributed by atoms with E-state index >= 15 is 0 Å². The predicted octanol–water partition coefficient (Wildman–Crippen LogP) is 1.46. The summed E-state index contributed by atoms with van der Waals surface area (Å²) in [5.74, 6) is -0.917. The van der Waals surface area contributed by atoms with Crippen LogP contribution in [0.25, 0.3) is 11.8 Å². The number of aromatic nitrogens is 1. The predicted molar refractivity (Wildman–Crippen MR) is 135 cm³/mol. The van der Waals surface area contributed by atoms with Gasteiger partial charge < -0.3 is 15.4 Å². The minimum atomic E-state index is -0.807. The van der Waals surface area contributed by atoms with Gasteiger partial charge in [0.2, 0.25) is 5.91 Å². The van der Waals surface area contributed by atoms with Gasteiger partial charge in [0, 0.05) is 24.1 Å². The summed E-state index contributed by atoms with van der Waals surface area (Å²) in [5.41, 5.74) is 0.720. The van der Waals surface area contributed by atoms with Crippen molar-refractivity contribution in [3.05, 3.63) is 56.5 Å². The molecule has 2 aromatic rings. The van der Waals surface area contributed by atoms with Crippen LogP contribution in [0.5, 0.6) is 0 Å². The van der Waals surface area contributed by atoms with Crippen molar-refractivity contribution in [1.29, 1.82) is 5.26 Å². The molecule has 0 atom stereocenters. The minimum absolute atomic E-state index is 0.0336. The van der Waals surface area contributed by atoms with Gasteiger partial charge in [-0.3, -0.25) is 19.1 Å². The number of nitrogens with one attached hydrogen (secondary N) is 2. The van der Waals surface area contributed by atoms with Crippen LogP contribution in [0.3, 0.4) is 0 Å². The molecule has 2 N–H and O–H groups in total. The molecule has 0 fully saturated rings. The van der Waals surface area contributed by atoms with Gasteiger partial charge in [0.25, 0.3) is 5.56 Å². The number of hydrogen-bond donors (Lipinski definition) is 2. The molecule has 2 rings (SSSR count). The quantitative estimate of drug-likeness (QED) is 0.367. The largest absolute Gasteiger partial charge is 0.457 e. The summed E-state index contributed by atoms with van der Waals surface area (Å²) in [6.07, 6.45) is 2.92. The van der Waals surface area contributed by atoms with E-state index in [0.717, 1.165) is 24.4 Å². The zero-order valence-electron chi connectivity index (χ0n) is 19.6. The first-order valence-electron chi connectivity index (χ1n) is 10.9. The number of thiazole rings is 1. The summed E-state index contributed by atoms with van der Waals surface area (Å²) in [6, 6.07) is 8.95. The molecule has 1 heterocycles. The first-order chi connectivity index (χ1) is 16.4. The number of amides is 1. The van der Waals surface area contributed by atoms with Crippen LogP contribution in [-0.4, -0.2) is 47.6 Å². The maximum Gasteiger partial charge on any atom is 0.352 e. The molecule has 0 saturated heterocycles. The molecular weight excluding hydrogens is 454 g/mol. The number of esters is 1. The Morgan fingerprint density at radius 3 is 2.59 bits per heavy atom. The highest BCUT2D eigenvalue weighted by Crippen LogP contribution is 2.15. The van der Waals surface area contributed by atoms with Crippen LogP contribution in [0.4, 0.5) is 11.4 Å². The van der Waals surface area contributed by atoms with Crippen LogP contribution in [-0.2, 0) is 20.9 Å². The third kappa shape index (κ3) is 6.91. The second-order valence-corrected chi connectivity index (χ2v) is 8.10. The Bertz CT molecular complexity index is 1250. The maximum absolute atomic E-state index is 12.8. The molecule has 0 saturated carbocycles. The Labute approximate surface area is 202 Å². The Hall–Kier alpha value is -3.68. The summed E-state index contributed by atoms with van der Waals surface area (Å²) in [7, 11) is 0. The molecule has 1 aromatic heterocycles. The lowest BCUT2D eigenvalue weighted by molar-refractivity contribution is -0.135. The molecule has 0 aliphatic heterocycles. The Kier molecular flexibility index (Phi) is 10.3. The summed E-state index contributed by atoms with van der Waals surface area (Å²) in [4.78, 5) is 39.3. The summed E-state index contributed by atoms with van der Waals surface area (Å²) in [6.45, 7) is 11.4. The number of nitriles is 1. The lowest BCUT2D eigenvalue weighted by atomic mass is 10.2. The van der Waals surface area contributed by atoms with E-state index in [2.05, 4.69) is 17.2 Å². The summed E-state index contributed by atoms with van der Waals surface area (Å²) in [5, 5.41) is 15.4. The van der Waals surface area contributed by atoms with Crippen LogP contribution in [0.15, 0.2) is 41.7 Å². The van der Waals surface area contributed by atoms with Crippen molar-refractivity contribution in [2.45, 2.75) is 27.3 Å². The molecule has 1 aromatic carbocycles. The van der Waals surface area contributed by atoms with Gasteiger partial charge in [0.1, 0.15) is 21.9 Å². The number of nitrogens with zero attached hydrogens (tertiary/aromatic N) is 3. The first-order valence-corrected chi connectivity index (χ1v) is 11.7. The standard InChI is InChI=1S/C24H29N5O4S/c1-5-12-33-24(32)19(14-25)23-29(8-4)22(31)20(34-23)15-26-17-10-9-11-18(13-17)27-21(30)16-28(6-2)7-3/h5,9-11,13,15,26H,1,6-8,12,16H2,2-4H3,(H,27,30)/b20-15+,23-19-. The fraction of sp³-hybridized carbons (Fsp3) is 0.333. The van der Waals surface area contributed by atoms with Crippen LogP contribution < -0.4 is 25.4 Å². The molecule has 0 spiro atoms. The summed E-state index contributed by atoms with van der Waals surface area (Å²) < 4.78 is 6.88. The fourth-order valence-corrected chi connectivity index (χ4v) is 4.14. The Morgan fingerprint density at radius 2 is 1.97 bits per heavy atom. The van der Waals surface area contributed by atoms with Crippen molar-refractivity contribution in [3.63, 3.8) is 0 Å². The number of carbonyl (C=O) groups excluding carboxylic acids is 2. The summed E-state index contributed by atoms with van der Waals surface area (Å²) >= 11 is 1.02. The van der Waals surface area contributed by atoms with Gasteiger partial charge in [0.15, 0.2) is 5.57 Å². The van der Waals surface area contributed by atoms with Gasteiger partial charge in [-0.1, -0.05) is 32.6 Å². The molecule has 34 heavy (non-hydrogen) atoms. The average molecular weight is 484 g/mol. The molecule has 0 radical (unpaired) electrons. The van der Waals surface area contributed by atoms with E-state index in [0.29, 0.717) is 22.5 Å². The number of hydrogen-bond acceptors (Lipinski definition) is 8. The number of anilines is 2. The third-order valence-corrected chi connectivity index (χ3v) is 5.99. The topological polar surface area (TPSA) is 116 Å². The SMILES string of the molecule is C=CCOC(=O)/C(C#N)=c1\s/c(=C/Nc2cccc(NC(=O)CN(CC)CC)c2)c(=O)n1CC. The van der Waals surface area contributed by atoms with E-state index in [-0.39, 0.29) is 34.9 Å². The van der Waals surface area contributed by atoms with Crippen molar-refractivity contribution in [2.75, 3.05) is 36.9 Å². The lowest BCUT2D eigenvalue weighted by Crippen LogP contribution is -2.33. The maximum atomic E-state index is 12.8. The van der Waals surface area contributed by atoms with Crippen LogP contribution in [0.1, 0.15) is 20.8 Å². The highest BCUT2D eigenvalue weighted by atomic mass is 32.1.